The Kier molecular flexibility index (Phi) is 2.80. The second kappa shape index (κ2) is 3.85. The first-order valence-corrected chi connectivity index (χ1v) is 3.85. The van der Waals surface area contributed by atoms with Gasteiger partial charge < -0.3 is 5.73 Å². The van der Waals surface area contributed by atoms with Crippen LogP contribution in [-0.4, -0.2) is 5.78 Å². The molecule has 0 saturated carbocycles. The number of hydrogen-bond donors (Lipinski definition) is 1. The van der Waals surface area contributed by atoms with Gasteiger partial charge >= 0.3 is 0 Å². The van der Waals surface area contributed by atoms with Crippen LogP contribution in [0.2, 0.25) is 0 Å². The number of allylic oxidation sites excluding steroid dienone is 1. The number of rotatable bonds is 3. The van der Waals surface area contributed by atoms with Crippen LogP contribution in [0.15, 0.2) is 30.9 Å². The average molecular weight is 179 g/mol. The van der Waals surface area contributed by atoms with Crippen LogP contribution in [0.3, 0.4) is 0 Å². The second-order valence-electron chi connectivity index (χ2n) is 2.62. The van der Waals surface area contributed by atoms with E-state index in [0.29, 0.717) is 0 Å². The lowest BCUT2D eigenvalue weighted by Crippen LogP contribution is -2.03. The minimum atomic E-state index is -0.644. The molecular weight excluding hydrogens is 169 g/mol. The van der Waals surface area contributed by atoms with E-state index in [2.05, 4.69) is 6.58 Å². The van der Waals surface area contributed by atoms with Gasteiger partial charge in [0.15, 0.2) is 11.6 Å². The van der Waals surface area contributed by atoms with Gasteiger partial charge in [-0.1, -0.05) is 12.1 Å². The van der Waals surface area contributed by atoms with E-state index in [0.717, 1.165) is 0 Å². The molecule has 0 heterocycles. The van der Waals surface area contributed by atoms with Gasteiger partial charge in [-0.3, -0.25) is 4.79 Å². The molecule has 2 nitrogen and oxygen atoms in total. The molecule has 2 N–H and O–H groups in total. The minimum Gasteiger partial charge on any atom is -0.396 e. The topological polar surface area (TPSA) is 43.1 Å². The maximum absolute atomic E-state index is 13.2. The lowest BCUT2D eigenvalue weighted by atomic mass is 10.1. The van der Waals surface area contributed by atoms with Gasteiger partial charge in [-0.05, 0) is 12.1 Å². The molecule has 0 fully saturated rings. The zero-order chi connectivity index (χ0) is 9.84. The fourth-order valence-electron chi connectivity index (χ4n) is 1.01. The van der Waals surface area contributed by atoms with Crippen molar-refractivity contribution in [3.63, 3.8) is 0 Å². The van der Waals surface area contributed by atoms with Gasteiger partial charge in [-0.25, -0.2) is 4.39 Å². The van der Waals surface area contributed by atoms with Gasteiger partial charge in [0.05, 0.1) is 11.3 Å². The average Bonchev–Trinajstić information content (AvgIpc) is 2.10. The summed E-state index contributed by atoms with van der Waals surface area (Å²) in [6.07, 6.45) is 1.56. The molecule has 1 rings (SSSR count). The summed E-state index contributed by atoms with van der Waals surface area (Å²) in [6, 6.07) is 4.38. The summed E-state index contributed by atoms with van der Waals surface area (Å²) in [7, 11) is 0. The number of ketones is 1. The number of halogens is 1. The predicted molar refractivity (Wildman–Crippen MR) is 50.0 cm³/mol. The fraction of sp³-hybridized carbons (Fsp3) is 0.100. The SMILES string of the molecule is C=CCC(=O)c1cccc(N)c1F. The van der Waals surface area contributed by atoms with Gasteiger partial charge in [0, 0.05) is 6.42 Å². The first-order chi connectivity index (χ1) is 6.16. The van der Waals surface area contributed by atoms with Gasteiger partial charge in [-0.2, -0.15) is 0 Å². The van der Waals surface area contributed by atoms with Crippen LogP contribution in [-0.2, 0) is 0 Å². The van der Waals surface area contributed by atoms with E-state index < -0.39 is 5.82 Å². The smallest absolute Gasteiger partial charge is 0.169 e. The van der Waals surface area contributed by atoms with Crippen molar-refractivity contribution in [2.45, 2.75) is 6.42 Å². The lowest BCUT2D eigenvalue weighted by molar-refractivity contribution is 0.0992. The Morgan fingerprint density at radius 2 is 2.31 bits per heavy atom. The van der Waals surface area contributed by atoms with E-state index in [4.69, 9.17) is 5.73 Å². The second-order valence-corrected chi connectivity index (χ2v) is 2.62. The zero-order valence-corrected chi connectivity index (χ0v) is 7.09. The summed E-state index contributed by atoms with van der Waals surface area (Å²) in [5, 5.41) is 0. The quantitative estimate of drug-likeness (QED) is 0.439. The van der Waals surface area contributed by atoms with Crippen molar-refractivity contribution >= 4 is 11.5 Å². The molecular formula is C10H10FNO. The molecule has 0 bridgehead atoms. The highest BCUT2D eigenvalue weighted by Gasteiger charge is 2.11. The highest BCUT2D eigenvalue weighted by Crippen LogP contribution is 2.16. The van der Waals surface area contributed by atoms with Gasteiger partial charge in [0.1, 0.15) is 0 Å². The monoisotopic (exact) mass is 179 g/mol. The predicted octanol–water partition coefficient (Wildman–Crippen LogP) is 2.17. The Balaban J connectivity index is 3.07. The highest BCUT2D eigenvalue weighted by atomic mass is 19.1. The number of nitrogens with two attached hydrogens (primary N) is 1. The van der Waals surface area contributed by atoms with Crippen LogP contribution < -0.4 is 5.73 Å². The Morgan fingerprint density at radius 1 is 1.62 bits per heavy atom. The Bertz CT molecular complexity index is 347. The molecule has 0 aliphatic carbocycles. The summed E-state index contributed by atoms with van der Waals surface area (Å²) >= 11 is 0. The molecule has 1 aromatic rings. The minimum absolute atomic E-state index is 0.00471. The van der Waals surface area contributed by atoms with E-state index in [9.17, 15) is 9.18 Å². The Morgan fingerprint density at radius 3 is 2.92 bits per heavy atom. The third-order valence-corrected chi connectivity index (χ3v) is 1.66. The largest absolute Gasteiger partial charge is 0.396 e. The molecule has 0 aliphatic heterocycles. The number of hydrogen-bond acceptors (Lipinski definition) is 2. The third-order valence-electron chi connectivity index (χ3n) is 1.66. The Hall–Kier alpha value is -1.64. The zero-order valence-electron chi connectivity index (χ0n) is 7.09. The number of carbonyl (C=O) groups is 1. The van der Waals surface area contributed by atoms with Crippen LogP contribution in [0.4, 0.5) is 10.1 Å². The maximum Gasteiger partial charge on any atom is 0.169 e. The highest BCUT2D eigenvalue weighted by molar-refractivity contribution is 5.97. The van der Waals surface area contributed by atoms with Crippen LogP contribution in [0.25, 0.3) is 0 Å². The summed E-state index contributed by atoms with van der Waals surface area (Å²) in [5.41, 5.74) is 5.32. The molecule has 0 atom stereocenters. The van der Waals surface area contributed by atoms with E-state index in [1.807, 2.05) is 0 Å². The molecule has 0 radical (unpaired) electrons. The van der Waals surface area contributed by atoms with Gasteiger partial charge in [0.2, 0.25) is 0 Å². The normalized spacial score (nSPS) is 9.62. The van der Waals surface area contributed by atoms with E-state index >= 15 is 0 Å². The molecule has 3 heteroatoms. The molecule has 68 valence electrons. The first-order valence-electron chi connectivity index (χ1n) is 3.85. The van der Waals surface area contributed by atoms with Gasteiger partial charge in [-0.15, -0.1) is 6.58 Å². The number of benzene rings is 1. The molecule has 0 spiro atoms. The van der Waals surface area contributed by atoms with Crippen molar-refractivity contribution in [1.29, 1.82) is 0 Å². The Labute approximate surface area is 75.9 Å². The standard InChI is InChI=1S/C10H10FNO/c1-2-4-9(13)7-5-3-6-8(12)10(7)11/h2-3,5-6H,1,4,12H2. The van der Waals surface area contributed by atoms with Crippen LogP contribution in [0, 0.1) is 5.82 Å². The van der Waals surface area contributed by atoms with E-state index in [1.54, 1.807) is 6.07 Å². The van der Waals surface area contributed by atoms with Crippen molar-refractivity contribution < 1.29 is 9.18 Å². The molecule has 13 heavy (non-hydrogen) atoms. The molecule has 0 saturated heterocycles. The molecule has 0 aromatic heterocycles. The van der Waals surface area contributed by atoms with Crippen molar-refractivity contribution in [1.82, 2.24) is 0 Å². The summed E-state index contributed by atoms with van der Waals surface area (Å²) in [6.45, 7) is 3.40. The third kappa shape index (κ3) is 1.93. The summed E-state index contributed by atoms with van der Waals surface area (Å²) in [4.78, 5) is 11.3. The molecule has 1 aromatic carbocycles. The number of carbonyl (C=O) groups excluding carboxylic acids is 1. The van der Waals surface area contributed by atoms with Crippen LogP contribution >= 0.6 is 0 Å². The summed E-state index contributed by atoms with van der Waals surface area (Å²) < 4.78 is 13.2. The lowest BCUT2D eigenvalue weighted by Gasteiger charge is -2.01. The number of nitrogen functional groups attached to an aromatic ring is 1. The van der Waals surface area contributed by atoms with Crippen molar-refractivity contribution in [3.05, 3.63) is 42.2 Å². The van der Waals surface area contributed by atoms with Crippen molar-refractivity contribution in [3.8, 4) is 0 Å². The van der Waals surface area contributed by atoms with E-state index in [1.165, 1.54) is 18.2 Å². The van der Waals surface area contributed by atoms with Crippen LogP contribution in [0.5, 0.6) is 0 Å². The van der Waals surface area contributed by atoms with E-state index in [-0.39, 0.29) is 23.5 Å². The number of anilines is 1. The molecule has 0 amide bonds. The molecule has 0 unspecified atom stereocenters. The van der Waals surface area contributed by atoms with Crippen molar-refractivity contribution in [2.24, 2.45) is 0 Å². The summed E-state index contributed by atoms with van der Waals surface area (Å²) in [5.74, 6) is -0.950. The van der Waals surface area contributed by atoms with Gasteiger partial charge in [0.25, 0.3) is 0 Å². The molecule has 0 aliphatic rings. The number of Topliss-reactive ketones (excluding diaryl/α,β-unsaturated/α-hetero) is 1. The van der Waals surface area contributed by atoms with Crippen LogP contribution in [0.1, 0.15) is 16.8 Å². The van der Waals surface area contributed by atoms with Crippen molar-refractivity contribution in [2.75, 3.05) is 5.73 Å². The first kappa shape index (κ1) is 9.45. The maximum atomic E-state index is 13.2. The fourth-order valence-corrected chi connectivity index (χ4v) is 1.01.